The zero-order chi connectivity index (χ0) is 11.8. The molecule has 0 radical (unpaired) electrons. The molecular weight excluding hydrogens is 285 g/mol. The second kappa shape index (κ2) is 3.92. The quantitative estimate of drug-likeness (QED) is 0.689. The third-order valence-corrected chi connectivity index (χ3v) is 2.88. The van der Waals surface area contributed by atoms with Crippen molar-refractivity contribution < 1.29 is 4.39 Å². The lowest BCUT2D eigenvalue weighted by Gasteiger charge is -1.93. The predicted octanol–water partition coefficient (Wildman–Crippen LogP) is 3.30. The summed E-state index contributed by atoms with van der Waals surface area (Å²) >= 11 is 3.37. The van der Waals surface area contributed by atoms with Crippen LogP contribution in [0.4, 0.5) is 4.39 Å². The normalized spacial score (nSPS) is 10.9. The lowest BCUT2D eigenvalue weighted by atomic mass is 10.2. The highest BCUT2D eigenvalue weighted by atomic mass is 79.9. The molecule has 0 fully saturated rings. The number of aromatic nitrogens is 3. The van der Waals surface area contributed by atoms with Crippen molar-refractivity contribution in [3.63, 3.8) is 0 Å². The fourth-order valence-corrected chi connectivity index (χ4v) is 1.93. The number of hydrogen-bond acceptors (Lipinski definition) is 2. The summed E-state index contributed by atoms with van der Waals surface area (Å²) in [6.07, 6.45) is 1.80. The van der Waals surface area contributed by atoms with Crippen molar-refractivity contribution in [3.05, 3.63) is 52.9 Å². The van der Waals surface area contributed by atoms with Crippen LogP contribution in [0, 0.1) is 5.82 Å². The summed E-state index contributed by atoms with van der Waals surface area (Å²) in [5.74, 6) is 0.227. The average molecular weight is 292 g/mol. The van der Waals surface area contributed by atoms with Crippen molar-refractivity contribution >= 4 is 21.6 Å². The molecule has 1 aromatic carbocycles. The summed E-state index contributed by atoms with van der Waals surface area (Å²) in [5, 5.41) is 4.28. The molecule has 0 aliphatic carbocycles. The van der Waals surface area contributed by atoms with Gasteiger partial charge in [0.15, 0.2) is 11.5 Å². The zero-order valence-electron chi connectivity index (χ0n) is 8.64. The number of hydrogen-bond donors (Lipinski definition) is 0. The van der Waals surface area contributed by atoms with Gasteiger partial charge in [-0.3, -0.25) is 0 Å². The summed E-state index contributed by atoms with van der Waals surface area (Å²) in [4.78, 5) is 4.34. The Hall–Kier alpha value is -1.75. The number of benzene rings is 1. The Morgan fingerprint density at radius 3 is 2.88 bits per heavy atom. The van der Waals surface area contributed by atoms with Crippen LogP contribution in [0.15, 0.2) is 47.1 Å². The van der Waals surface area contributed by atoms with Crippen molar-refractivity contribution in [2.45, 2.75) is 0 Å². The van der Waals surface area contributed by atoms with Gasteiger partial charge in [-0.1, -0.05) is 28.1 Å². The van der Waals surface area contributed by atoms with Crippen LogP contribution in [0.25, 0.3) is 17.0 Å². The van der Waals surface area contributed by atoms with Gasteiger partial charge in [-0.05, 0) is 24.3 Å². The van der Waals surface area contributed by atoms with Crippen LogP contribution >= 0.6 is 15.9 Å². The molecule has 0 N–H and O–H groups in total. The number of rotatable bonds is 1. The van der Waals surface area contributed by atoms with E-state index in [0.29, 0.717) is 11.4 Å². The number of nitrogens with zero attached hydrogens (tertiary/aromatic N) is 3. The lowest BCUT2D eigenvalue weighted by Crippen LogP contribution is -1.86. The predicted molar refractivity (Wildman–Crippen MR) is 66.1 cm³/mol. The van der Waals surface area contributed by atoms with Gasteiger partial charge in [0.25, 0.3) is 0 Å². The van der Waals surface area contributed by atoms with Gasteiger partial charge in [-0.15, -0.1) is 5.10 Å². The summed E-state index contributed by atoms with van der Waals surface area (Å²) in [6.45, 7) is 0. The molecule has 5 heteroatoms. The molecule has 0 saturated heterocycles. The maximum Gasteiger partial charge on any atom is 0.182 e. The van der Waals surface area contributed by atoms with E-state index in [1.165, 1.54) is 12.1 Å². The highest BCUT2D eigenvalue weighted by Crippen LogP contribution is 2.18. The molecule has 0 atom stereocenters. The van der Waals surface area contributed by atoms with E-state index in [-0.39, 0.29) is 5.82 Å². The minimum absolute atomic E-state index is 0.289. The molecule has 84 valence electrons. The molecule has 0 bridgehead atoms. The van der Waals surface area contributed by atoms with E-state index in [0.717, 1.165) is 10.1 Å². The molecule has 0 spiro atoms. The van der Waals surface area contributed by atoms with Crippen molar-refractivity contribution in [3.8, 4) is 11.4 Å². The Bertz CT molecular complexity index is 693. The molecule has 0 amide bonds. The fraction of sp³-hybridized carbons (Fsp3) is 0. The topological polar surface area (TPSA) is 30.2 Å². The van der Waals surface area contributed by atoms with Crippen LogP contribution in [0.3, 0.4) is 0 Å². The van der Waals surface area contributed by atoms with E-state index in [4.69, 9.17) is 0 Å². The number of fused-ring (bicyclic) bond motifs is 1. The van der Waals surface area contributed by atoms with Gasteiger partial charge in [-0.2, -0.15) is 0 Å². The largest absolute Gasteiger partial charge is 0.220 e. The first-order valence-corrected chi connectivity index (χ1v) is 5.79. The summed E-state index contributed by atoms with van der Waals surface area (Å²) in [5.41, 5.74) is 1.39. The second-order valence-corrected chi connectivity index (χ2v) is 4.51. The van der Waals surface area contributed by atoms with E-state index < -0.39 is 0 Å². The van der Waals surface area contributed by atoms with Crippen molar-refractivity contribution in [1.82, 2.24) is 14.6 Å². The first-order valence-electron chi connectivity index (χ1n) is 5.00. The first-order chi connectivity index (χ1) is 8.22. The highest BCUT2D eigenvalue weighted by molar-refractivity contribution is 9.10. The monoisotopic (exact) mass is 291 g/mol. The zero-order valence-corrected chi connectivity index (χ0v) is 10.2. The Morgan fingerprint density at radius 1 is 1.18 bits per heavy atom. The van der Waals surface area contributed by atoms with Gasteiger partial charge >= 0.3 is 0 Å². The van der Waals surface area contributed by atoms with E-state index >= 15 is 0 Å². The standard InChI is InChI=1S/C12H7BrFN3/c13-9-4-5-17-11(7-9)15-12(16-17)8-2-1-3-10(14)6-8/h1-7H. The van der Waals surface area contributed by atoms with Crippen molar-refractivity contribution in [1.29, 1.82) is 0 Å². The SMILES string of the molecule is Fc1cccc(-c2nc3cc(Br)ccn3n2)c1. The van der Waals surface area contributed by atoms with E-state index in [2.05, 4.69) is 26.0 Å². The van der Waals surface area contributed by atoms with Crippen LogP contribution in [-0.4, -0.2) is 14.6 Å². The van der Waals surface area contributed by atoms with E-state index in [9.17, 15) is 4.39 Å². The van der Waals surface area contributed by atoms with Gasteiger partial charge < -0.3 is 0 Å². The smallest absolute Gasteiger partial charge is 0.182 e. The Balaban J connectivity index is 2.18. The van der Waals surface area contributed by atoms with Crippen molar-refractivity contribution in [2.75, 3.05) is 0 Å². The van der Waals surface area contributed by atoms with Gasteiger partial charge in [0.05, 0.1) is 0 Å². The van der Waals surface area contributed by atoms with Crippen LogP contribution in [0.2, 0.25) is 0 Å². The molecule has 3 nitrogen and oxygen atoms in total. The van der Waals surface area contributed by atoms with Crippen LogP contribution < -0.4 is 0 Å². The molecular formula is C12H7BrFN3. The molecule has 17 heavy (non-hydrogen) atoms. The van der Waals surface area contributed by atoms with Crippen LogP contribution in [-0.2, 0) is 0 Å². The van der Waals surface area contributed by atoms with Gasteiger partial charge in [0, 0.05) is 16.2 Å². The Labute approximate surface area is 105 Å². The van der Waals surface area contributed by atoms with Gasteiger partial charge in [-0.25, -0.2) is 13.9 Å². The highest BCUT2D eigenvalue weighted by Gasteiger charge is 2.06. The van der Waals surface area contributed by atoms with Gasteiger partial charge in [0.2, 0.25) is 0 Å². The molecule has 2 aromatic heterocycles. The minimum Gasteiger partial charge on any atom is -0.220 e. The van der Waals surface area contributed by atoms with E-state index in [1.54, 1.807) is 22.8 Å². The number of pyridine rings is 1. The Morgan fingerprint density at radius 2 is 2.06 bits per heavy atom. The summed E-state index contributed by atoms with van der Waals surface area (Å²) < 4.78 is 15.7. The first kappa shape index (κ1) is 10.4. The molecule has 0 aliphatic rings. The van der Waals surface area contributed by atoms with Crippen molar-refractivity contribution in [2.24, 2.45) is 0 Å². The van der Waals surface area contributed by atoms with Crippen LogP contribution in [0.1, 0.15) is 0 Å². The van der Waals surface area contributed by atoms with E-state index in [1.807, 2.05) is 12.1 Å². The maximum absolute atomic E-state index is 13.1. The number of halogens is 2. The third kappa shape index (κ3) is 1.93. The fourth-order valence-electron chi connectivity index (χ4n) is 1.61. The lowest BCUT2D eigenvalue weighted by molar-refractivity contribution is 0.628. The molecule has 2 heterocycles. The summed E-state index contributed by atoms with van der Waals surface area (Å²) in [6, 6.07) is 9.98. The molecule has 0 aliphatic heterocycles. The third-order valence-electron chi connectivity index (χ3n) is 2.38. The Kier molecular flexibility index (Phi) is 2.40. The molecule has 3 rings (SSSR count). The molecule has 0 unspecified atom stereocenters. The maximum atomic E-state index is 13.1. The van der Waals surface area contributed by atoms with Gasteiger partial charge in [0.1, 0.15) is 5.82 Å². The summed E-state index contributed by atoms with van der Waals surface area (Å²) in [7, 11) is 0. The minimum atomic E-state index is -0.289. The average Bonchev–Trinajstić information content (AvgIpc) is 2.72. The van der Waals surface area contributed by atoms with Crippen LogP contribution in [0.5, 0.6) is 0 Å². The molecule has 0 saturated carbocycles. The molecule has 3 aromatic rings. The second-order valence-electron chi connectivity index (χ2n) is 3.59.